The first kappa shape index (κ1) is 14.1. The van der Waals surface area contributed by atoms with Crippen LogP contribution in [0, 0.1) is 5.41 Å². The topological polar surface area (TPSA) is 41.4 Å². The number of hydrogen-bond acceptors (Lipinski definition) is 4. The Labute approximate surface area is 127 Å². The van der Waals surface area contributed by atoms with Gasteiger partial charge >= 0.3 is 0 Å². The average Bonchev–Trinajstić information content (AvgIpc) is 3.22. The molecule has 6 heteroatoms. The first-order chi connectivity index (χ1) is 9.62. The van der Waals surface area contributed by atoms with Gasteiger partial charge in [0.25, 0.3) is 5.56 Å². The second-order valence-electron chi connectivity index (χ2n) is 6.13. The summed E-state index contributed by atoms with van der Waals surface area (Å²) >= 11 is 3.54. The Bertz CT molecular complexity index is 532. The van der Waals surface area contributed by atoms with Gasteiger partial charge in [0, 0.05) is 37.6 Å². The Kier molecular flexibility index (Phi) is 3.86. The van der Waals surface area contributed by atoms with Crippen molar-refractivity contribution >= 4 is 21.6 Å². The number of likely N-dealkylation sites (N-methyl/N-ethyl adjacent to an activating group) is 1. The lowest BCUT2D eigenvalue weighted by Gasteiger charge is -2.33. The van der Waals surface area contributed by atoms with Gasteiger partial charge < -0.3 is 9.80 Å². The van der Waals surface area contributed by atoms with Crippen LogP contribution in [0.15, 0.2) is 17.1 Å². The lowest BCUT2D eigenvalue weighted by molar-refractivity contribution is 0.312. The summed E-state index contributed by atoms with van der Waals surface area (Å²) in [7, 11) is 2.13. The molecule has 20 heavy (non-hydrogen) atoms. The number of hydrogen-bond donors (Lipinski definition) is 0. The normalized spacial score (nSPS) is 22.0. The highest BCUT2D eigenvalue weighted by molar-refractivity contribution is 9.09. The fourth-order valence-corrected chi connectivity index (χ4v) is 3.35. The van der Waals surface area contributed by atoms with Crippen LogP contribution in [0.5, 0.6) is 0 Å². The molecule has 2 aliphatic rings. The molecule has 1 saturated heterocycles. The Hall–Kier alpha value is -0.880. The minimum Gasteiger partial charge on any atom is -0.368 e. The quantitative estimate of drug-likeness (QED) is 0.771. The number of nitrogens with zero attached hydrogens (tertiary/aromatic N) is 4. The van der Waals surface area contributed by atoms with Crippen LogP contribution in [0.3, 0.4) is 0 Å². The van der Waals surface area contributed by atoms with E-state index in [0.29, 0.717) is 0 Å². The summed E-state index contributed by atoms with van der Waals surface area (Å²) in [5, 5.41) is 5.33. The molecule has 0 amide bonds. The van der Waals surface area contributed by atoms with Gasteiger partial charge in [-0.05, 0) is 25.3 Å². The monoisotopic (exact) mass is 340 g/mol. The molecule has 5 nitrogen and oxygen atoms in total. The minimum atomic E-state index is 0.0219. The average molecular weight is 341 g/mol. The van der Waals surface area contributed by atoms with Crippen LogP contribution in [0.25, 0.3) is 0 Å². The number of piperazine rings is 1. The number of anilines is 1. The molecule has 110 valence electrons. The summed E-state index contributed by atoms with van der Waals surface area (Å²) < 4.78 is 1.62. The molecule has 1 aliphatic heterocycles. The van der Waals surface area contributed by atoms with Gasteiger partial charge in [-0.3, -0.25) is 4.79 Å². The van der Waals surface area contributed by atoms with Crippen molar-refractivity contribution in [1.82, 2.24) is 14.7 Å². The fraction of sp³-hybridized carbons (Fsp3) is 0.714. The van der Waals surface area contributed by atoms with Crippen molar-refractivity contribution in [2.24, 2.45) is 5.41 Å². The largest absolute Gasteiger partial charge is 0.368 e. The number of halogens is 1. The first-order valence-corrected chi connectivity index (χ1v) is 8.31. The highest BCUT2D eigenvalue weighted by Crippen LogP contribution is 2.48. The zero-order valence-electron chi connectivity index (χ0n) is 11.9. The lowest BCUT2D eigenvalue weighted by Crippen LogP contribution is -2.45. The molecule has 1 aliphatic carbocycles. The van der Waals surface area contributed by atoms with Gasteiger partial charge in [-0.1, -0.05) is 15.9 Å². The van der Waals surface area contributed by atoms with Crippen molar-refractivity contribution in [1.29, 1.82) is 0 Å². The van der Waals surface area contributed by atoms with Gasteiger partial charge in [0.1, 0.15) is 0 Å². The van der Waals surface area contributed by atoms with Crippen molar-refractivity contribution in [3.05, 3.63) is 22.6 Å². The Balaban J connectivity index is 1.72. The molecular weight excluding hydrogens is 320 g/mol. The summed E-state index contributed by atoms with van der Waals surface area (Å²) in [6.07, 6.45) is 4.22. The summed E-state index contributed by atoms with van der Waals surface area (Å²) in [4.78, 5) is 16.8. The van der Waals surface area contributed by atoms with Gasteiger partial charge in [0.05, 0.1) is 18.4 Å². The van der Waals surface area contributed by atoms with Crippen molar-refractivity contribution in [2.45, 2.75) is 19.4 Å². The Morgan fingerprint density at radius 2 is 2.00 bits per heavy atom. The van der Waals surface area contributed by atoms with Crippen molar-refractivity contribution < 1.29 is 0 Å². The van der Waals surface area contributed by atoms with Crippen LogP contribution in [-0.2, 0) is 6.54 Å². The molecule has 0 spiro atoms. The van der Waals surface area contributed by atoms with E-state index in [2.05, 4.69) is 37.9 Å². The maximum atomic E-state index is 12.2. The van der Waals surface area contributed by atoms with Gasteiger partial charge in [0.15, 0.2) is 0 Å². The minimum absolute atomic E-state index is 0.0219. The zero-order valence-corrected chi connectivity index (χ0v) is 13.5. The van der Waals surface area contributed by atoms with E-state index in [1.807, 2.05) is 6.20 Å². The van der Waals surface area contributed by atoms with Gasteiger partial charge in [-0.15, -0.1) is 0 Å². The number of aromatic nitrogens is 2. The van der Waals surface area contributed by atoms with E-state index in [4.69, 9.17) is 0 Å². The van der Waals surface area contributed by atoms with E-state index >= 15 is 0 Å². The second-order valence-corrected chi connectivity index (χ2v) is 6.69. The fourth-order valence-electron chi connectivity index (χ4n) is 2.61. The highest BCUT2D eigenvalue weighted by Gasteiger charge is 2.42. The number of alkyl halides is 1. The summed E-state index contributed by atoms with van der Waals surface area (Å²) in [5.74, 6) is 0. The third kappa shape index (κ3) is 2.91. The molecular formula is C14H21BrN4O. The van der Waals surface area contributed by atoms with Crippen LogP contribution in [0.4, 0.5) is 5.69 Å². The van der Waals surface area contributed by atoms with E-state index in [9.17, 15) is 4.79 Å². The summed E-state index contributed by atoms with van der Waals surface area (Å²) in [6.45, 7) is 4.74. The van der Waals surface area contributed by atoms with Crippen LogP contribution >= 0.6 is 15.9 Å². The molecule has 0 aromatic carbocycles. The maximum Gasteiger partial charge on any atom is 0.268 e. The van der Waals surface area contributed by atoms with Gasteiger partial charge in [-0.2, -0.15) is 5.10 Å². The van der Waals surface area contributed by atoms with E-state index in [-0.39, 0.29) is 11.0 Å². The van der Waals surface area contributed by atoms with Crippen molar-refractivity contribution in [2.75, 3.05) is 43.5 Å². The van der Waals surface area contributed by atoms with E-state index in [1.54, 1.807) is 10.7 Å². The predicted octanol–water partition coefficient (Wildman–Crippen LogP) is 1.17. The van der Waals surface area contributed by atoms with Crippen molar-refractivity contribution in [3.8, 4) is 0 Å². The van der Waals surface area contributed by atoms with Gasteiger partial charge in [0.2, 0.25) is 0 Å². The van der Waals surface area contributed by atoms with Crippen LogP contribution in [0.2, 0.25) is 0 Å². The lowest BCUT2D eigenvalue weighted by atomic mass is 10.1. The van der Waals surface area contributed by atoms with Crippen LogP contribution < -0.4 is 10.5 Å². The van der Waals surface area contributed by atoms with Crippen LogP contribution in [0.1, 0.15) is 12.8 Å². The molecule has 1 aromatic rings. The number of rotatable bonds is 4. The molecule has 0 unspecified atom stereocenters. The molecule has 0 atom stereocenters. The highest BCUT2D eigenvalue weighted by atomic mass is 79.9. The molecule has 0 N–H and O–H groups in total. The smallest absolute Gasteiger partial charge is 0.268 e. The first-order valence-electron chi connectivity index (χ1n) is 7.19. The molecule has 1 saturated carbocycles. The van der Waals surface area contributed by atoms with Crippen molar-refractivity contribution in [3.63, 3.8) is 0 Å². The predicted molar refractivity (Wildman–Crippen MR) is 83.7 cm³/mol. The third-order valence-electron chi connectivity index (χ3n) is 4.45. The molecule has 1 aromatic heterocycles. The summed E-state index contributed by atoms with van der Waals surface area (Å²) in [6, 6.07) is 1.74. The van der Waals surface area contributed by atoms with Crippen LogP contribution in [-0.4, -0.2) is 53.2 Å². The maximum absolute atomic E-state index is 12.2. The molecule has 3 rings (SSSR count). The Morgan fingerprint density at radius 3 is 2.55 bits per heavy atom. The van der Waals surface area contributed by atoms with Gasteiger partial charge in [-0.25, -0.2) is 4.68 Å². The Morgan fingerprint density at radius 1 is 1.30 bits per heavy atom. The third-order valence-corrected chi connectivity index (χ3v) is 5.64. The molecule has 2 heterocycles. The molecule has 0 radical (unpaired) electrons. The standard InChI is InChI=1S/C14H21BrN4O/c1-17-4-6-18(7-5-17)12-8-13(20)19(16-9-12)11-14(10-15)2-3-14/h8-9H,2-7,10-11H2,1H3. The molecule has 0 bridgehead atoms. The SMILES string of the molecule is CN1CCN(c2cnn(CC3(CBr)CC3)c(=O)c2)CC1. The molecule has 2 fully saturated rings. The second kappa shape index (κ2) is 5.48. The zero-order chi connectivity index (χ0) is 14.2. The summed E-state index contributed by atoms with van der Waals surface area (Å²) in [5.41, 5.74) is 1.25. The van der Waals surface area contributed by atoms with E-state index in [1.165, 1.54) is 12.8 Å². The van der Waals surface area contributed by atoms with E-state index in [0.717, 1.165) is 43.7 Å². The van der Waals surface area contributed by atoms with E-state index < -0.39 is 0 Å².